The molecule has 10 rings (SSSR count). The van der Waals surface area contributed by atoms with Gasteiger partial charge in [-0.2, -0.15) is 0 Å². The minimum Gasteiger partial charge on any atom is -0.436 e. The van der Waals surface area contributed by atoms with Crippen LogP contribution in [0.1, 0.15) is 0 Å². The molecule has 1 aromatic heterocycles. The third kappa shape index (κ3) is 5.10. The minimum atomic E-state index is 0.626. The second-order valence-corrected chi connectivity index (χ2v) is 13.2. The second kappa shape index (κ2) is 12.4. The van der Waals surface area contributed by atoms with Crippen LogP contribution in [0, 0.1) is 0 Å². The van der Waals surface area contributed by atoms with Gasteiger partial charge in [0, 0.05) is 27.7 Å². The van der Waals surface area contributed by atoms with Crippen molar-refractivity contribution >= 4 is 60.5 Å². The van der Waals surface area contributed by atoms with E-state index in [9.17, 15) is 0 Å². The van der Waals surface area contributed by atoms with E-state index in [0.29, 0.717) is 5.89 Å². The van der Waals surface area contributed by atoms with E-state index < -0.39 is 0 Å². The highest BCUT2D eigenvalue weighted by molar-refractivity contribution is 6.19. The summed E-state index contributed by atoms with van der Waals surface area (Å²) in [7, 11) is 0. The maximum Gasteiger partial charge on any atom is 0.227 e. The van der Waals surface area contributed by atoms with Gasteiger partial charge in [-0.25, -0.2) is 4.98 Å². The fraction of sp³-hybridized carbons (Fsp3) is 0. The molecule has 3 nitrogen and oxygen atoms in total. The first-order valence-corrected chi connectivity index (χ1v) is 17.6. The van der Waals surface area contributed by atoms with Gasteiger partial charge in [0.25, 0.3) is 0 Å². The van der Waals surface area contributed by atoms with Crippen LogP contribution in [0.5, 0.6) is 0 Å². The van der Waals surface area contributed by atoms with Crippen LogP contribution in [-0.2, 0) is 0 Å². The first-order valence-electron chi connectivity index (χ1n) is 17.6. The smallest absolute Gasteiger partial charge is 0.227 e. The van der Waals surface area contributed by atoms with Gasteiger partial charge in [0.2, 0.25) is 5.89 Å². The highest BCUT2D eigenvalue weighted by Crippen LogP contribution is 2.43. The van der Waals surface area contributed by atoms with Crippen molar-refractivity contribution in [1.29, 1.82) is 0 Å². The summed E-state index contributed by atoms with van der Waals surface area (Å²) in [6.07, 6.45) is 0. The van der Waals surface area contributed by atoms with Crippen molar-refractivity contribution < 1.29 is 4.42 Å². The number of nitrogens with zero attached hydrogens (tertiary/aromatic N) is 2. The number of hydrogen-bond donors (Lipinski definition) is 0. The number of hydrogen-bond acceptors (Lipinski definition) is 3. The van der Waals surface area contributed by atoms with Crippen molar-refractivity contribution in [3.63, 3.8) is 0 Å². The van der Waals surface area contributed by atoms with Crippen LogP contribution >= 0.6 is 0 Å². The van der Waals surface area contributed by atoms with Gasteiger partial charge in [0.05, 0.1) is 5.69 Å². The van der Waals surface area contributed by atoms with Crippen molar-refractivity contribution in [1.82, 2.24) is 4.98 Å². The van der Waals surface area contributed by atoms with Gasteiger partial charge >= 0.3 is 0 Å². The average molecular weight is 665 g/mol. The molecule has 0 aliphatic rings. The lowest BCUT2D eigenvalue weighted by Crippen LogP contribution is -2.10. The zero-order valence-corrected chi connectivity index (χ0v) is 28.3. The summed E-state index contributed by atoms with van der Waals surface area (Å²) >= 11 is 0. The van der Waals surface area contributed by atoms with Crippen molar-refractivity contribution in [2.45, 2.75) is 0 Å². The Hall–Kier alpha value is -6.97. The quantitative estimate of drug-likeness (QED) is 0.166. The number of aromatic nitrogens is 1. The van der Waals surface area contributed by atoms with Gasteiger partial charge in [0.1, 0.15) is 5.52 Å². The molecule has 0 N–H and O–H groups in total. The highest BCUT2D eigenvalue weighted by Gasteiger charge is 2.19. The Labute approximate surface area is 301 Å². The Morgan fingerprint density at radius 2 is 1.00 bits per heavy atom. The number of anilines is 3. The Balaban J connectivity index is 1.21. The molecule has 10 aromatic rings. The predicted molar refractivity (Wildman–Crippen MR) is 218 cm³/mol. The van der Waals surface area contributed by atoms with Gasteiger partial charge < -0.3 is 9.32 Å². The largest absolute Gasteiger partial charge is 0.436 e. The van der Waals surface area contributed by atoms with E-state index in [1.165, 1.54) is 27.5 Å². The molecule has 0 aliphatic carbocycles. The Morgan fingerprint density at radius 1 is 0.404 bits per heavy atom. The summed E-state index contributed by atoms with van der Waals surface area (Å²) in [5.74, 6) is 0.626. The van der Waals surface area contributed by atoms with Crippen molar-refractivity contribution in [2.75, 3.05) is 4.90 Å². The van der Waals surface area contributed by atoms with Crippen molar-refractivity contribution in [3.8, 4) is 33.7 Å². The number of rotatable bonds is 6. The molecule has 0 bridgehead atoms. The van der Waals surface area contributed by atoms with E-state index in [0.717, 1.165) is 60.8 Å². The van der Waals surface area contributed by atoms with Crippen LogP contribution in [0.2, 0.25) is 0 Å². The zero-order valence-electron chi connectivity index (χ0n) is 28.3. The molecular formula is C49H32N2O. The molecule has 9 aromatic carbocycles. The van der Waals surface area contributed by atoms with Crippen LogP contribution in [0.3, 0.4) is 0 Å². The standard InChI is InChI=1S/C49H32N2O/c1-3-13-33(14-4-1)41-21-9-10-22-42(41)38-19-11-20-39(31-38)51(45-24-12-18-34-15-7-8-23-43(34)45)40-29-27-35-25-26-36-28-30-46-48(47(36)44(35)32-40)50-49(52-46)37-16-5-2-6-17-37/h1-32H. The maximum absolute atomic E-state index is 6.35. The SMILES string of the molecule is c1ccc(-c2nc3c(ccc4ccc5ccc(N(c6cccc(-c7ccccc7-c7ccccc7)c6)c6cccc7ccccc67)cc5c43)o2)cc1. The normalized spacial score (nSPS) is 11.5. The summed E-state index contributed by atoms with van der Waals surface area (Å²) in [6.45, 7) is 0. The summed E-state index contributed by atoms with van der Waals surface area (Å²) in [6, 6.07) is 68.9. The Morgan fingerprint density at radius 3 is 1.85 bits per heavy atom. The number of fused-ring (bicyclic) bond motifs is 6. The first kappa shape index (κ1) is 29.9. The van der Waals surface area contributed by atoms with Crippen molar-refractivity contribution in [3.05, 3.63) is 194 Å². The molecule has 0 fully saturated rings. The van der Waals surface area contributed by atoms with E-state index in [1.54, 1.807) is 0 Å². The fourth-order valence-corrected chi connectivity index (χ4v) is 7.61. The molecule has 0 radical (unpaired) electrons. The Bertz CT molecular complexity index is 2910. The summed E-state index contributed by atoms with van der Waals surface area (Å²) < 4.78 is 6.35. The van der Waals surface area contributed by atoms with Gasteiger partial charge in [-0.3, -0.25) is 0 Å². The molecule has 0 saturated carbocycles. The van der Waals surface area contributed by atoms with Gasteiger partial charge in [0.15, 0.2) is 5.58 Å². The van der Waals surface area contributed by atoms with E-state index in [4.69, 9.17) is 9.40 Å². The molecule has 0 aliphatic heterocycles. The van der Waals surface area contributed by atoms with Gasteiger partial charge in [-0.1, -0.05) is 146 Å². The van der Waals surface area contributed by atoms with Crippen LogP contribution in [0.15, 0.2) is 199 Å². The monoisotopic (exact) mass is 664 g/mol. The molecule has 0 amide bonds. The van der Waals surface area contributed by atoms with E-state index >= 15 is 0 Å². The number of benzene rings is 9. The first-order chi connectivity index (χ1) is 25.8. The molecule has 0 saturated heterocycles. The summed E-state index contributed by atoms with van der Waals surface area (Å²) in [5, 5.41) is 6.87. The van der Waals surface area contributed by atoms with Crippen LogP contribution in [0.25, 0.3) is 77.1 Å². The molecule has 0 atom stereocenters. The topological polar surface area (TPSA) is 29.3 Å². The van der Waals surface area contributed by atoms with Gasteiger partial charge in [-0.15, -0.1) is 0 Å². The molecular weight excluding hydrogens is 633 g/mol. The average Bonchev–Trinajstić information content (AvgIpc) is 3.67. The van der Waals surface area contributed by atoms with Crippen LogP contribution in [-0.4, -0.2) is 4.98 Å². The van der Waals surface area contributed by atoms with E-state index in [-0.39, 0.29) is 0 Å². The lowest BCUT2D eigenvalue weighted by molar-refractivity contribution is 0.620. The highest BCUT2D eigenvalue weighted by atomic mass is 16.3. The van der Waals surface area contributed by atoms with E-state index in [1.807, 2.05) is 36.4 Å². The fourth-order valence-electron chi connectivity index (χ4n) is 7.61. The molecule has 244 valence electrons. The van der Waals surface area contributed by atoms with Gasteiger partial charge in [-0.05, 0) is 92.3 Å². The lowest BCUT2D eigenvalue weighted by atomic mass is 9.94. The minimum absolute atomic E-state index is 0.626. The summed E-state index contributed by atoms with van der Waals surface area (Å²) in [5.41, 5.74) is 10.6. The second-order valence-electron chi connectivity index (χ2n) is 13.2. The molecule has 0 spiro atoms. The molecule has 3 heteroatoms. The molecule has 0 unspecified atom stereocenters. The van der Waals surface area contributed by atoms with E-state index in [2.05, 4.69) is 163 Å². The van der Waals surface area contributed by atoms with Crippen molar-refractivity contribution in [2.24, 2.45) is 0 Å². The third-order valence-corrected chi connectivity index (χ3v) is 10.1. The third-order valence-electron chi connectivity index (χ3n) is 10.1. The maximum atomic E-state index is 6.35. The zero-order chi connectivity index (χ0) is 34.4. The van der Waals surface area contributed by atoms with Crippen LogP contribution < -0.4 is 4.90 Å². The lowest BCUT2D eigenvalue weighted by Gasteiger charge is -2.28. The number of oxazole rings is 1. The van der Waals surface area contributed by atoms with Crippen LogP contribution in [0.4, 0.5) is 17.1 Å². The summed E-state index contributed by atoms with van der Waals surface area (Å²) in [4.78, 5) is 7.49. The molecule has 1 heterocycles. The predicted octanol–water partition coefficient (Wildman–Crippen LogP) is 13.8. The Kier molecular flexibility index (Phi) is 7.14. The molecule has 52 heavy (non-hydrogen) atoms.